The summed E-state index contributed by atoms with van der Waals surface area (Å²) in [6.45, 7) is 2.92. The summed E-state index contributed by atoms with van der Waals surface area (Å²) in [5, 5.41) is 11.8. The summed E-state index contributed by atoms with van der Waals surface area (Å²) >= 11 is 4.01. The molecule has 0 amide bonds. The average Bonchev–Trinajstić information content (AvgIpc) is 2.10. The smallest absolute Gasteiger partial charge is 0.320 e. The van der Waals surface area contributed by atoms with Gasteiger partial charge in [0.15, 0.2) is 0 Å². The normalized spacial score (nSPS) is 12.8. The van der Waals surface area contributed by atoms with Gasteiger partial charge in [-0.15, -0.1) is 0 Å². The van der Waals surface area contributed by atoms with Crippen molar-refractivity contribution in [2.45, 2.75) is 38.6 Å². The lowest BCUT2D eigenvalue weighted by Gasteiger charge is -2.12. The molecule has 0 bridgehead atoms. The van der Waals surface area contributed by atoms with Crippen molar-refractivity contribution in [3.63, 3.8) is 0 Å². The van der Waals surface area contributed by atoms with Gasteiger partial charge in [0, 0.05) is 0 Å². The van der Waals surface area contributed by atoms with Gasteiger partial charge in [0.25, 0.3) is 0 Å². The monoisotopic (exact) mass is 205 g/mol. The third-order valence-electron chi connectivity index (χ3n) is 1.89. The number of hydrogen-bond acceptors (Lipinski definition) is 3. The molecule has 0 aliphatic carbocycles. The van der Waals surface area contributed by atoms with Gasteiger partial charge in [-0.2, -0.15) is 12.6 Å². The zero-order valence-electron chi connectivity index (χ0n) is 8.12. The van der Waals surface area contributed by atoms with Crippen LogP contribution < -0.4 is 5.32 Å². The molecule has 2 N–H and O–H groups in total. The number of nitrogens with one attached hydrogen (secondary N) is 1. The fourth-order valence-corrected chi connectivity index (χ4v) is 1.35. The molecular weight excluding hydrogens is 186 g/mol. The number of carbonyl (C=O) groups is 1. The second-order valence-corrected chi connectivity index (χ2v) is 3.51. The minimum absolute atomic E-state index is 0.422. The molecule has 0 aromatic carbocycles. The predicted molar refractivity (Wildman–Crippen MR) is 57.4 cm³/mol. The quantitative estimate of drug-likeness (QED) is 0.416. The van der Waals surface area contributed by atoms with Gasteiger partial charge < -0.3 is 10.4 Å². The first-order valence-corrected chi connectivity index (χ1v) is 5.42. The average molecular weight is 205 g/mol. The third-order valence-corrected chi connectivity index (χ3v) is 2.15. The molecule has 0 aromatic rings. The largest absolute Gasteiger partial charge is 0.480 e. The number of aliphatic carboxylic acids is 1. The van der Waals surface area contributed by atoms with Gasteiger partial charge in [0.1, 0.15) is 6.04 Å². The number of carboxylic acid groups (broad SMARTS) is 1. The van der Waals surface area contributed by atoms with Gasteiger partial charge in [-0.1, -0.05) is 19.8 Å². The van der Waals surface area contributed by atoms with E-state index in [-0.39, 0.29) is 0 Å². The maximum absolute atomic E-state index is 10.7. The summed E-state index contributed by atoms with van der Waals surface area (Å²) in [7, 11) is 0. The molecule has 0 spiro atoms. The zero-order chi connectivity index (χ0) is 10.1. The molecule has 4 heteroatoms. The minimum atomic E-state index is -0.773. The molecule has 3 nitrogen and oxygen atoms in total. The summed E-state index contributed by atoms with van der Waals surface area (Å²) in [6, 6.07) is -0.422. The van der Waals surface area contributed by atoms with E-state index in [0.29, 0.717) is 12.2 Å². The van der Waals surface area contributed by atoms with Crippen LogP contribution in [-0.2, 0) is 4.79 Å². The van der Waals surface area contributed by atoms with Crippen molar-refractivity contribution in [1.29, 1.82) is 0 Å². The Labute approximate surface area is 85.3 Å². The maximum Gasteiger partial charge on any atom is 0.320 e. The van der Waals surface area contributed by atoms with E-state index < -0.39 is 12.0 Å². The van der Waals surface area contributed by atoms with E-state index in [1.807, 2.05) is 0 Å². The van der Waals surface area contributed by atoms with E-state index in [4.69, 9.17) is 5.11 Å². The van der Waals surface area contributed by atoms with Crippen molar-refractivity contribution in [1.82, 2.24) is 5.32 Å². The number of rotatable bonds is 8. The van der Waals surface area contributed by atoms with Crippen LogP contribution in [0.5, 0.6) is 0 Å². The van der Waals surface area contributed by atoms with Crippen molar-refractivity contribution < 1.29 is 9.90 Å². The molecule has 0 fully saturated rings. The van der Waals surface area contributed by atoms with Crippen molar-refractivity contribution in [3.05, 3.63) is 0 Å². The Morgan fingerprint density at radius 3 is 2.69 bits per heavy atom. The van der Waals surface area contributed by atoms with E-state index in [0.717, 1.165) is 25.8 Å². The molecule has 0 aromatic heterocycles. The number of carboxylic acids is 1. The molecule has 13 heavy (non-hydrogen) atoms. The molecule has 0 rings (SSSR count). The Morgan fingerprint density at radius 2 is 2.23 bits per heavy atom. The fraction of sp³-hybridized carbons (Fsp3) is 0.889. The Hall–Kier alpha value is -0.220. The first kappa shape index (κ1) is 12.8. The van der Waals surface area contributed by atoms with E-state index in [2.05, 4.69) is 24.9 Å². The molecule has 0 aliphatic rings. The lowest BCUT2D eigenvalue weighted by Crippen LogP contribution is -2.37. The Morgan fingerprint density at radius 1 is 1.54 bits per heavy atom. The second-order valence-electron chi connectivity index (χ2n) is 3.06. The van der Waals surface area contributed by atoms with Crippen molar-refractivity contribution in [2.24, 2.45) is 0 Å². The number of thiol groups is 1. The molecule has 0 saturated carbocycles. The molecule has 1 atom stereocenters. The Kier molecular flexibility index (Phi) is 8.24. The van der Waals surface area contributed by atoms with Crippen LogP contribution in [0.1, 0.15) is 32.6 Å². The lowest BCUT2D eigenvalue weighted by molar-refractivity contribution is -0.139. The molecule has 0 radical (unpaired) electrons. The van der Waals surface area contributed by atoms with Crippen molar-refractivity contribution in [2.75, 3.05) is 12.3 Å². The highest BCUT2D eigenvalue weighted by atomic mass is 32.1. The fourth-order valence-electron chi connectivity index (χ4n) is 1.09. The highest BCUT2D eigenvalue weighted by Gasteiger charge is 2.14. The van der Waals surface area contributed by atoms with Gasteiger partial charge >= 0.3 is 5.97 Å². The lowest BCUT2D eigenvalue weighted by atomic mass is 10.2. The molecule has 78 valence electrons. The van der Waals surface area contributed by atoms with E-state index in [1.165, 1.54) is 0 Å². The highest BCUT2D eigenvalue weighted by Crippen LogP contribution is 1.97. The molecule has 1 unspecified atom stereocenters. The summed E-state index contributed by atoms with van der Waals surface area (Å²) in [5.74, 6) is -0.164. The van der Waals surface area contributed by atoms with Gasteiger partial charge in [-0.3, -0.25) is 4.79 Å². The van der Waals surface area contributed by atoms with Crippen LogP contribution in [0.3, 0.4) is 0 Å². The summed E-state index contributed by atoms with van der Waals surface area (Å²) in [5.41, 5.74) is 0. The number of unbranched alkanes of at least 4 members (excludes halogenated alkanes) is 2. The van der Waals surface area contributed by atoms with Crippen LogP contribution in [0.2, 0.25) is 0 Å². The summed E-state index contributed by atoms with van der Waals surface area (Å²) < 4.78 is 0. The van der Waals surface area contributed by atoms with Gasteiger partial charge in [-0.05, 0) is 25.1 Å². The maximum atomic E-state index is 10.7. The van der Waals surface area contributed by atoms with Gasteiger partial charge in [0.2, 0.25) is 0 Å². The van der Waals surface area contributed by atoms with Crippen LogP contribution in [0, 0.1) is 0 Å². The van der Waals surface area contributed by atoms with Crippen LogP contribution in [0.25, 0.3) is 0 Å². The highest BCUT2D eigenvalue weighted by molar-refractivity contribution is 7.80. The predicted octanol–water partition coefficient (Wildman–Crippen LogP) is 1.54. The standard InChI is InChI=1S/C9H19NO2S/c1-2-3-4-6-10-8(5-7-13)9(11)12/h8,10,13H,2-7H2,1H3,(H,11,12). The van der Waals surface area contributed by atoms with Gasteiger partial charge in [0.05, 0.1) is 0 Å². The third kappa shape index (κ3) is 6.90. The SMILES string of the molecule is CCCCCNC(CCS)C(=O)O. The molecule has 0 heterocycles. The topological polar surface area (TPSA) is 49.3 Å². The van der Waals surface area contributed by atoms with Crippen LogP contribution in [0.4, 0.5) is 0 Å². The first-order chi connectivity index (χ1) is 6.22. The van der Waals surface area contributed by atoms with Gasteiger partial charge in [-0.25, -0.2) is 0 Å². The van der Waals surface area contributed by atoms with Crippen molar-refractivity contribution in [3.8, 4) is 0 Å². The van der Waals surface area contributed by atoms with Crippen molar-refractivity contribution >= 4 is 18.6 Å². The van der Waals surface area contributed by atoms with Crippen LogP contribution >= 0.6 is 12.6 Å². The molecule has 0 saturated heterocycles. The zero-order valence-corrected chi connectivity index (χ0v) is 9.02. The van der Waals surface area contributed by atoms with E-state index in [1.54, 1.807) is 0 Å². The Balaban J connectivity index is 3.51. The van der Waals surface area contributed by atoms with Crippen LogP contribution in [0.15, 0.2) is 0 Å². The number of hydrogen-bond donors (Lipinski definition) is 3. The first-order valence-electron chi connectivity index (χ1n) is 4.79. The Bertz CT molecular complexity index is 142. The molecular formula is C9H19NO2S. The van der Waals surface area contributed by atoms with Crippen LogP contribution in [-0.4, -0.2) is 29.4 Å². The summed E-state index contributed by atoms with van der Waals surface area (Å²) in [6.07, 6.45) is 3.95. The second kappa shape index (κ2) is 8.38. The summed E-state index contributed by atoms with van der Waals surface area (Å²) in [4.78, 5) is 10.7. The van der Waals surface area contributed by atoms with E-state index >= 15 is 0 Å². The van der Waals surface area contributed by atoms with E-state index in [9.17, 15) is 4.79 Å². The minimum Gasteiger partial charge on any atom is -0.480 e. The molecule has 0 aliphatic heterocycles.